The topological polar surface area (TPSA) is 373 Å². The van der Waals surface area contributed by atoms with Crippen molar-refractivity contribution in [1.29, 1.82) is 0 Å². The van der Waals surface area contributed by atoms with E-state index in [1.54, 1.807) is 0 Å². The number of hydrogen-bond acceptors (Lipinski definition) is 8. The Kier molecular flexibility index (Phi) is 97.4. The van der Waals surface area contributed by atoms with Crippen LogP contribution >= 0.6 is 0 Å². The van der Waals surface area contributed by atoms with Crippen molar-refractivity contribution < 1.29 is 90.6 Å². The van der Waals surface area contributed by atoms with Crippen LogP contribution in [0, 0.1) is 20.5 Å². The third-order valence-corrected chi connectivity index (χ3v) is 0. The summed E-state index contributed by atoms with van der Waals surface area (Å²) in [7, 11) is -9.89. The van der Waals surface area contributed by atoms with Gasteiger partial charge in [-0.15, -0.1) is 20.5 Å². The average molecular weight is 514 g/mol. The molecule has 0 aliphatic carbocycles. The fourth-order valence-corrected chi connectivity index (χ4v) is 0. The second kappa shape index (κ2) is 25.7. The van der Waals surface area contributed by atoms with Gasteiger partial charge in [-0.05, 0) is 0 Å². The van der Waals surface area contributed by atoms with Crippen LogP contribution in [0.1, 0.15) is 0 Å². The Morgan fingerprint density at radius 3 is 0.353 bits per heavy atom. The summed E-state index contributed by atoms with van der Waals surface area (Å²) in [6.07, 6.45) is 0. The fraction of sp³-hybridized carbons (Fsp3) is 0. The molecule has 17 heteroatoms. The van der Waals surface area contributed by atoms with Crippen molar-refractivity contribution in [2.75, 3.05) is 0 Å². The van der Waals surface area contributed by atoms with Gasteiger partial charge < -0.3 is 32.9 Å². The molecule has 17 heavy (non-hydrogen) atoms. The zero-order chi connectivity index (χ0) is 9.00. The van der Waals surface area contributed by atoms with E-state index in [1.165, 1.54) is 0 Å². The van der Waals surface area contributed by atoms with Crippen LogP contribution in [0.5, 0.6) is 0 Å². The monoisotopic (exact) mass is 514 g/mol. The number of rotatable bonds is 0. The molecule has 0 aromatic rings. The molecule has 0 aromatic carbocycles. The summed E-state index contributed by atoms with van der Waals surface area (Å²) < 4.78 is 67.9. The Bertz CT molecular complexity index is 57.2. The third kappa shape index (κ3) is 4260. The Balaban J connectivity index is -0.00000000762. The molecule has 0 amide bonds. The van der Waals surface area contributed by atoms with E-state index in [1.807, 2.05) is 0 Å². The normalized spacial score (nSPS) is 7.06. The molecule has 0 unspecified atom stereocenters. The zero-order valence-electron chi connectivity index (χ0n) is 7.52. The van der Waals surface area contributed by atoms with Gasteiger partial charge in [0.05, 0.1) is 0 Å². The van der Waals surface area contributed by atoms with E-state index < -0.39 is 20.5 Å². The molecule has 0 atom stereocenters. The molecule has 2 radical (unpaired) electrons. The molecule has 0 aliphatic rings. The first-order valence-corrected chi connectivity index (χ1v) is 3.70. The maximum Gasteiger partial charge on any atom is 2.00 e. The number of hydrogen-bond donors (Lipinski definition) is 0. The number of halogens is 2. The van der Waals surface area contributed by atoms with E-state index in [4.69, 9.17) is 37.3 Å². The summed E-state index contributed by atoms with van der Waals surface area (Å²) in [4.78, 5) is 0. The van der Waals surface area contributed by atoms with Crippen molar-refractivity contribution in [1.82, 2.24) is 0 Å². The maximum absolute atomic E-state index is 8.49. The predicted octanol–water partition coefficient (Wildman–Crippen LogP) is -14.8. The van der Waals surface area contributed by atoms with Crippen molar-refractivity contribution in [3.8, 4) is 0 Å². The molecule has 0 heterocycles. The first-order chi connectivity index (χ1) is 4.00. The van der Waals surface area contributed by atoms with Gasteiger partial charge in [0.15, 0.2) is 0 Å². The first kappa shape index (κ1) is 64.4. The van der Waals surface area contributed by atoms with Crippen LogP contribution in [0.2, 0.25) is 0 Å². The van der Waals surface area contributed by atoms with Gasteiger partial charge in [0.25, 0.3) is 0 Å². The molecule has 0 saturated carbocycles. The quantitative estimate of drug-likeness (QED) is 0.278. The van der Waals surface area contributed by atoms with Gasteiger partial charge in [-0.1, -0.05) is 0 Å². The summed E-state index contributed by atoms with van der Waals surface area (Å²) in [6.45, 7) is 0. The smallest absolute Gasteiger partial charge is 0.412 e. The molecule has 0 spiro atoms. The van der Waals surface area contributed by atoms with Gasteiger partial charge in [0.1, 0.15) is 0 Å². The summed E-state index contributed by atoms with van der Waals surface area (Å²) in [6, 6.07) is 0. The van der Waals surface area contributed by atoms with E-state index in [0.717, 1.165) is 0 Å². The second-order valence-electron chi connectivity index (χ2n) is 0.756. The molecule has 114 valence electrons. The van der Waals surface area contributed by atoms with Crippen molar-refractivity contribution in [2.24, 2.45) is 0 Å². The molecule has 0 saturated heterocycles. The van der Waals surface area contributed by atoms with Crippen LogP contribution in [0.3, 0.4) is 0 Å². The fourth-order valence-electron chi connectivity index (χ4n) is 0. The van der Waals surface area contributed by atoms with Gasteiger partial charge in [-0.2, -0.15) is 0 Å². The Labute approximate surface area is 118 Å². The SMILES string of the molecule is O.O.O.O.O.O.[O-][Cl+3]([O-])([O-])[O-].[O-][Cl+3]([O-])([O-])[O-].[Pb+2]. The molecule has 12 N–H and O–H groups in total. The van der Waals surface area contributed by atoms with Crippen molar-refractivity contribution >= 4 is 27.3 Å². The van der Waals surface area contributed by atoms with Gasteiger partial charge in [-0.25, -0.2) is 37.3 Å². The predicted molar refractivity (Wildman–Crippen MR) is 27.4 cm³/mol. The van der Waals surface area contributed by atoms with E-state index >= 15 is 0 Å². The van der Waals surface area contributed by atoms with Crippen LogP contribution in [0.4, 0.5) is 0 Å². The van der Waals surface area contributed by atoms with E-state index in [9.17, 15) is 0 Å². The minimum absolute atomic E-state index is 0. The van der Waals surface area contributed by atoms with E-state index in [0.29, 0.717) is 0 Å². The molecule has 0 aliphatic heterocycles. The largest absolute Gasteiger partial charge is 2.00 e. The molecule has 0 bridgehead atoms. The minimum Gasteiger partial charge on any atom is -0.412 e. The minimum atomic E-state index is -4.94. The average Bonchev–Trinajstić information content (AvgIpc) is 1.12. The van der Waals surface area contributed by atoms with Crippen molar-refractivity contribution in [2.45, 2.75) is 0 Å². The van der Waals surface area contributed by atoms with Gasteiger partial charge >= 0.3 is 27.3 Å². The van der Waals surface area contributed by atoms with Gasteiger partial charge in [-0.3, -0.25) is 0 Å². The summed E-state index contributed by atoms with van der Waals surface area (Å²) in [5.74, 6) is 0. The van der Waals surface area contributed by atoms with Crippen LogP contribution in [0.15, 0.2) is 0 Å². The second-order valence-corrected chi connectivity index (χ2v) is 2.27. The summed E-state index contributed by atoms with van der Waals surface area (Å²) in [5.41, 5.74) is 0. The van der Waals surface area contributed by atoms with Crippen LogP contribution < -0.4 is 37.3 Å². The van der Waals surface area contributed by atoms with E-state index in [-0.39, 0.29) is 60.2 Å². The Morgan fingerprint density at radius 2 is 0.353 bits per heavy atom. The molecule has 0 aromatic heterocycles. The zero-order valence-corrected chi connectivity index (χ0v) is 12.9. The molecule has 0 rings (SSSR count). The Hall–Kier alpha value is 0.942. The third-order valence-electron chi connectivity index (χ3n) is 0. The summed E-state index contributed by atoms with van der Waals surface area (Å²) in [5, 5.41) is 0. The van der Waals surface area contributed by atoms with Crippen LogP contribution in [-0.4, -0.2) is 60.2 Å². The van der Waals surface area contributed by atoms with E-state index in [2.05, 4.69) is 0 Å². The standard InChI is InChI=1S/2ClHO4.6H2O.Pb/c2*2-1(3,4)5;;;;;;;/h2*(H,2,3,4,5);6*1H2;/q;;;;;;;;+2/p-2. The van der Waals surface area contributed by atoms with Crippen molar-refractivity contribution in [3.05, 3.63) is 0 Å². The van der Waals surface area contributed by atoms with Crippen LogP contribution in [-0.2, 0) is 0 Å². The molecule has 0 fully saturated rings. The molecular weight excluding hydrogens is 502 g/mol. The van der Waals surface area contributed by atoms with Crippen molar-refractivity contribution in [3.63, 3.8) is 0 Å². The summed E-state index contributed by atoms with van der Waals surface area (Å²) >= 11 is 0. The maximum atomic E-state index is 8.49. The van der Waals surface area contributed by atoms with Gasteiger partial charge in [0, 0.05) is 0 Å². The molecule has 14 nitrogen and oxygen atoms in total. The molecular formula is H12Cl2O14Pb. The first-order valence-electron chi connectivity index (χ1n) is 1.23. The van der Waals surface area contributed by atoms with Gasteiger partial charge in [0.2, 0.25) is 0 Å². The Morgan fingerprint density at radius 1 is 0.353 bits per heavy atom. The van der Waals surface area contributed by atoms with Crippen LogP contribution in [0.25, 0.3) is 0 Å².